The Bertz CT molecular complexity index is 604. The standard InChI is InChI=1S/C17H22BNO3/c1-3-22-16(20)14-12-17(15-7-5-4-6-13(14)15)8-10-19(11-9-17)18(2)21/h4-7,12,21H,3,8-11H2,1-2H3. The zero-order valence-electron chi connectivity index (χ0n) is 13.2. The van der Waals surface area contributed by atoms with Gasteiger partial charge < -0.3 is 14.6 Å². The van der Waals surface area contributed by atoms with E-state index in [9.17, 15) is 9.82 Å². The van der Waals surface area contributed by atoms with Gasteiger partial charge in [-0.05, 0) is 50.8 Å². The van der Waals surface area contributed by atoms with E-state index in [1.54, 1.807) is 6.82 Å². The van der Waals surface area contributed by atoms with Crippen LogP contribution in [0.1, 0.15) is 30.9 Å². The summed E-state index contributed by atoms with van der Waals surface area (Å²) in [4.78, 5) is 14.3. The minimum absolute atomic E-state index is 0.0932. The van der Waals surface area contributed by atoms with Crippen LogP contribution in [0, 0.1) is 0 Å². The van der Waals surface area contributed by atoms with Gasteiger partial charge >= 0.3 is 13.0 Å². The summed E-state index contributed by atoms with van der Waals surface area (Å²) in [5, 5.41) is 9.75. The Balaban J connectivity index is 1.94. The molecule has 0 saturated carbocycles. The molecule has 5 heteroatoms. The van der Waals surface area contributed by atoms with Crippen molar-refractivity contribution in [3.8, 4) is 0 Å². The molecule has 116 valence electrons. The third-order valence-corrected chi connectivity index (χ3v) is 4.89. The smallest absolute Gasteiger partial charge is 0.376 e. The van der Waals surface area contributed by atoms with Crippen LogP contribution in [-0.2, 0) is 14.9 Å². The molecule has 1 N–H and O–H groups in total. The molecule has 0 aromatic heterocycles. The molecule has 22 heavy (non-hydrogen) atoms. The summed E-state index contributed by atoms with van der Waals surface area (Å²) in [6.07, 6.45) is 3.94. The molecule has 0 amide bonds. The highest BCUT2D eigenvalue weighted by molar-refractivity contribution is 6.45. The summed E-state index contributed by atoms with van der Waals surface area (Å²) >= 11 is 0. The van der Waals surface area contributed by atoms with E-state index in [2.05, 4.69) is 17.0 Å². The van der Waals surface area contributed by atoms with E-state index < -0.39 is 7.05 Å². The summed E-state index contributed by atoms with van der Waals surface area (Å²) < 4.78 is 5.22. The molecule has 0 radical (unpaired) electrons. The summed E-state index contributed by atoms with van der Waals surface area (Å²) in [6, 6.07) is 8.13. The molecular formula is C17H22BNO3. The zero-order valence-corrected chi connectivity index (χ0v) is 13.2. The number of carbonyl (C=O) groups is 1. The molecule has 1 aliphatic heterocycles. The van der Waals surface area contributed by atoms with Crippen molar-refractivity contribution in [2.24, 2.45) is 0 Å². The van der Waals surface area contributed by atoms with Crippen molar-refractivity contribution < 1.29 is 14.6 Å². The first-order chi connectivity index (χ1) is 10.6. The Hall–Kier alpha value is -1.59. The molecule has 1 heterocycles. The van der Waals surface area contributed by atoms with Crippen LogP contribution in [0.5, 0.6) is 0 Å². The van der Waals surface area contributed by atoms with E-state index >= 15 is 0 Å². The normalized spacial score (nSPS) is 19.7. The largest absolute Gasteiger partial charge is 0.462 e. The monoisotopic (exact) mass is 299 g/mol. The Morgan fingerprint density at radius 2 is 2.05 bits per heavy atom. The number of fused-ring (bicyclic) bond motifs is 2. The third-order valence-electron chi connectivity index (χ3n) is 4.89. The number of hydrogen-bond donors (Lipinski definition) is 1. The molecule has 1 aromatic rings. The minimum Gasteiger partial charge on any atom is -0.462 e. The van der Waals surface area contributed by atoms with Crippen LogP contribution in [-0.4, -0.2) is 42.6 Å². The molecule has 1 aliphatic carbocycles. The predicted molar refractivity (Wildman–Crippen MR) is 87.4 cm³/mol. The first-order valence-electron chi connectivity index (χ1n) is 7.99. The molecule has 1 saturated heterocycles. The van der Waals surface area contributed by atoms with Crippen LogP contribution in [0.4, 0.5) is 0 Å². The first kappa shape index (κ1) is 15.3. The number of nitrogens with zero attached hydrogens (tertiary/aromatic N) is 1. The number of piperidine rings is 1. The lowest BCUT2D eigenvalue weighted by molar-refractivity contribution is -0.136. The van der Waals surface area contributed by atoms with Crippen molar-refractivity contribution in [2.75, 3.05) is 19.7 Å². The van der Waals surface area contributed by atoms with Gasteiger partial charge in [0.2, 0.25) is 0 Å². The second kappa shape index (κ2) is 5.90. The highest BCUT2D eigenvalue weighted by Gasteiger charge is 2.43. The van der Waals surface area contributed by atoms with Crippen LogP contribution in [0.15, 0.2) is 30.3 Å². The van der Waals surface area contributed by atoms with Gasteiger partial charge in [0.25, 0.3) is 0 Å². The van der Waals surface area contributed by atoms with Gasteiger partial charge in [0, 0.05) is 5.41 Å². The topological polar surface area (TPSA) is 49.8 Å². The van der Waals surface area contributed by atoms with Gasteiger partial charge in [-0.15, -0.1) is 0 Å². The lowest BCUT2D eigenvalue weighted by Crippen LogP contribution is -2.47. The van der Waals surface area contributed by atoms with Crippen molar-refractivity contribution in [3.63, 3.8) is 0 Å². The van der Waals surface area contributed by atoms with E-state index in [0.29, 0.717) is 12.2 Å². The predicted octanol–water partition coefficient (Wildman–Crippen LogP) is 2.09. The average molecular weight is 299 g/mol. The summed E-state index contributed by atoms with van der Waals surface area (Å²) in [5.74, 6) is -0.232. The lowest BCUT2D eigenvalue weighted by Gasteiger charge is -2.39. The van der Waals surface area contributed by atoms with Gasteiger partial charge in [0.15, 0.2) is 0 Å². The van der Waals surface area contributed by atoms with E-state index in [1.165, 1.54) is 5.56 Å². The fourth-order valence-electron chi connectivity index (χ4n) is 3.67. The molecule has 0 atom stereocenters. The maximum Gasteiger partial charge on any atom is 0.376 e. The summed E-state index contributed by atoms with van der Waals surface area (Å²) in [7, 11) is -0.414. The number of benzene rings is 1. The van der Waals surface area contributed by atoms with Gasteiger partial charge in [-0.3, -0.25) is 0 Å². The Kier molecular flexibility index (Phi) is 4.11. The van der Waals surface area contributed by atoms with Gasteiger partial charge in [-0.2, -0.15) is 0 Å². The van der Waals surface area contributed by atoms with Crippen molar-refractivity contribution >= 4 is 18.6 Å². The number of ether oxygens (including phenoxy) is 1. The first-order valence-corrected chi connectivity index (χ1v) is 7.99. The fraction of sp³-hybridized carbons (Fsp3) is 0.471. The molecule has 2 aliphatic rings. The number of allylic oxidation sites excluding steroid dienone is 1. The van der Waals surface area contributed by atoms with Crippen molar-refractivity contribution in [1.29, 1.82) is 0 Å². The second-order valence-electron chi connectivity index (χ2n) is 6.15. The van der Waals surface area contributed by atoms with Gasteiger partial charge in [0.05, 0.1) is 12.2 Å². The van der Waals surface area contributed by atoms with E-state index in [4.69, 9.17) is 4.74 Å². The van der Waals surface area contributed by atoms with Crippen LogP contribution in [0.3, 0.4) is 0 Å². The maximum atomic E-state index is 12.3. The highest BCUT2D eigenvalue weighted by atomic mass is 16.5. The Labute approximate surface area is 131 Å². The molecule has 0 unspecified atom stereocenters. The van der Waals surface area contributed by atoms with E-state index in [-0.39, 0.29) is 11.4 Å². The van der Waals surface area contributed by atoms with Crippen LogP contribution >= 0.6 is 0 Å². The fourth-order valence-corrected chi connectivity index (χ4v) is 3.67. The maximum absolute atomic E-state index is 12.3. The summed E-state index contributed by atoms with van der Waals surface area (Å²) in [5.41, 5.74) is 2.84. The van der Waals surface area contributed by atoms with Crippen molar-refractivity contribution in [2.45, 2.75) is 32.0 Å². The van der Waals surface area contributed by atoms with Gasteiger partial charge in [0.1, 0.15) is 0 Å². The molecule has 1 fully saturated rings. The minimum atomic E-state index is -0.414. The van der Waals surface area contributed by atoms with Crippen molar-refractivity contribution in [1.82, 2.24) is 4.81 Å². The lowest BCUT2D eigenvalue weighted by atomic mass is 9.71. The molecular weight excluding hydrogens is 277 g/mol. The van der Waals surface area contributed by atoms with Crippen LogP contribution in [0.25, 0.3) is 5.57 Å². The summed E-state index contributed by atoms with van der Waals surface area (Å²) in [6.45, 7) is 5.69. The molecule has 3 rings (SSSR count). The zero-order chi connectivity index (χ0) is 15.7. The number of carbonyl (C=O) groups excluding carboxylic acids is 1. The Morgan fingerprint density at radius 1 is 1.36 bits per heavy atom. The third kappa shape index (κ3) is 2.48. The highest BCUT2D eigenvalue weighted by Crippen LogP contribution is 2.47. The number of rotatable bonds is 3. The van der Waals surface area contributed by atoms with Gasteiger partial charge in [-0.25, -0.2) is 4.79 Å². The molecule has 1 spiro atoms. The van der Waals surface area contributed by atoms with E-state index in [0.717, 1.165) is 31.5 Å². The van der Waals surface area contributed by atoms with Crippen LogP contribution < -0.4 is 0 Å². The molecule has 1 aromatic carbocycles. The van der Waals surface area contributed by atoms with Crippen molar-refractivity contribution in [3.05, 3.63) is 41.5 Å². The number of esters is 1. The quantitative estimate of drug-likeness (QED) is 0.686. The van der Waals surface area contributed by atoms with Crippen LogP contribution in [0.2, 0.25) is 6.82 Å². The number of hydrogen-bond acceptors (Lipinski definition) is 4. The van der Waals surface area contributed by atoms with Gasteiger partial charge in [-0.1, -0.05) is 30.3 Å². The Morgan fingerprint density at radius 3 is 2.68 bits per heavy atom. The molecule has 4 nitrogen and oxygen atoms in total. The average Bonchev–Trinajstić information content (AvgIpc) is 2.83. The second-order valence-corrected chi connectivity index (χ2v) is 6.15. The van der Waals surface area contributed by atoms with E-state index in [1.807, 2.05) is 25.1 Å². The molecule has 0 bridgehead atoms. The SMILES string of the molecule is CCOC(=O)C1=CC2(CCN(B(C)O)CC2)c2ccccc21.